The van der Waals surface area contributed by atoms with E-state index in [1.165, 1.54) is 18.6 Å². The van der Waals surface area contributed by atoms with Gasteiger partial charge in [-0.15, -0.1) is 0 Å². The molecule has 0 unspecified atom stereocenters. The van der Waals surface area contributed by atoms with Crippen LogP contribution in [-0.2, 0) is 11.2 Å². The monoisotopic (exact) mass is 322 g/mol. The molecule has 0 fully saturated rings. The molecule has 0 bridgehead atoms. The molecular formula is C17H14N4O3. The van der Waals surface area contributed by atoms with Gasteiger partial charge in [-0.05, 0) is 24.3 Å². The summed E-state index contributed by atoms with van der Waals surface area (Å²) >= 11 is 0. The first-order chi connectivity index (χ1) is 11.6. The lowest BCUT2D eigenvalue weighted by Gasteiger charge is -2.14. The zero-order valence-electron chi connectivity index (χ0n) is 12.6. The molecule has 2 heterocycles. The Labute approximate surface area is 137 Å². The predicted octanol–water partition coefficient (Wildman–Crippen LogP) is 1.45. The first-order valence-electron chi connectivity index (χ1n) is 7.28. The standard InChI is InChI=1S/C17H14N4O3/c22-16(11-4-3-7-18-9-11)21-15(17(23)24)8-12-10-19-13-5-1-2-6-14(13)20-12/h1-7,9-10,15H,8H2,(H,21,22)(H,23,24)/t15-/m1/s1. The molecule has 3 rings (SSSR count). The Kier molecular flexibility index (Phi) is 4.42. The van der Waals surface area contributed by atoms with Crippen molar-refractivity contribution in [1.82, 2.24) is 20.3 Å². The van der Waals surface area contributed by atoms with Crippen molar-refractivity contribution >= 4 is 22.9 Å². The molecule has 7 heteroatoms. The fourth-order valence-electron chi connectivity index (χ4n) is 2.24. The van der Waals surface area contributed by atoms with Gasteiger partial charge in [0.25, 0.3) is 5.91 Å². The highest BCUT2D eigenvalue weighted by atomic mass is 16.4. The van der Waals surface area contributed by atoms with Crippen LogP contribution in [-0.4, -0.2) is 38.0 Å². The molecule has 1 amide bonds. The highest BCUT2D eigenvalue weighted by Crippen LogP contribution is 2.10. The Morgan fingerprint density at radius 1 is 1.08 bits per heavy atom. The van der Waals surface area contributed by atoms with Gasteiger partial charge in [-0.2, -0.15) is 0 Å². The minimum absolute atomic E-state index is 0.0408. The van der Waals surface area contributed by atoms with Crippen molar-refractivity contribution in [3.63, 3.8) is 0 Å². The van der Waals surface area contributed by atoms with Crippen LogP contribution < -0.4 is 5.32 Å². The van der Waals surface area contributed by atoms with Crippen molar-refractivity contribution in [2.45, 2.75) is 12.5 Å². The third kappa shape index (κ3) is 3.52. The van der Waals surface area contributed by atoms with Gasteiger partial charge in [-0.1, -0.05) is 12.1 Å². The second-order valence-corrected chi connectivity index (χ2v) is 5.16. The van der Waals surface area contributed by atoms with Gasteiger partial charge in [0.05, 0.1) is 22.3 Å². The summed E-state index contributed by atoms with van der Waals surface area (Å²) in [6.07, 6.45) is 4.48. The number of para-hydroxylation sites is 2. The number of pyridine rings is 1. The van der Waals surface area contributed by atoms with E-state index in [9.17, 15) is 14.7 Å². The van der Waals surface area contributed by atoms with Gasteiger partial charge in [-0.25, -0.2) is 9.78 Å². The van der Waals surface area contributed by atoms with E-state index in [1.807, 2.05) is 18.2 Å². The second kappa shape index (κ2) is 6.82. The van der Waals surface area contributed by atoms with Gasteiger partial charge in [-0.3, -0.25) is 14.8 Å². The maximum Gasteiger partial charge on any atom is 0.326 e. The van der Waals surface area contributed by atoms with Crippen LogP contribution in [0.15, 0.2) is 55.0 Å². The van der Waals surface area contributed by atoms with E-state index < -0.39 is 17.9 Å². The largest absolute Gasteiger partial charge is 0.480 e. The molecule has 120 valence electrons. The predicted molar refractivity (Wildman–Crippen MR) is 86.4 cm³/mol. The number of amides is 1. The molecule has 0 spiro atoms. The minimum atomic E-state index is -1.14. The normalized spacial score (nSPS) is 11.8. The number of benzene rings is 1. The highest BCUT2D eigenvalue weighted by Gasteiger charge is 2.22. The van der Waals surface area contributed by atoms with Crippen LogP contribution in [0, 0.1) is 0 Å². The fraction of sp³-hybridized carbons (Fsp3) is 0.118. The Balaban J connectivity index is 1.78. The van der Waals surface area contributed by atoms with Gasteiger partial charge < -0.3 is 10.4 Å². The van der Waals surface area contributed by atoms with E-state index in [0.29, 0.717) is 16.8 Å². The number of carboxylic acids is 1. The lowest BCUT2D eigenvalue weighted by molar-refractivity contribution is -0.139. The summed E-state index contributed by atoms with van der Waals surface area (Å²) in [5, 5.41) is 11.8. The molecule has 7 nitrogen and oxygen atoms in total. The van der Waals surface area contributed by atoms with E-state index in [-0.39, 0.29) is 6.42 Å². The van der Waals surface area contributed by atoms with Gasteiger partial charge in [0.15, 0.2) is 0 Å². The number of nitrogens with zero attached hydrogens (tertiary/aromatic N) is 3. The minimum Gasteiger partial charge on any atom is -0.480 e. The van der Waals surface area contributed by atoms with Crippen LogP contribution in [0.2, 0.25) is 0 Å². The number of carbonyl (C=O) groups excluding carboxylic acids is 1. The first-order valence-corrected chi connectivity index (χ1v) is 7.28. The average Bonchev–Trinajstić information content (AvgIpc) is 2.61. The van der Waals surface area contributed by atoms with Crippen molar-refractivity contribution in [1.29, 1.82) is 0 Å². The second-order valence-electron chi connectivity index (χ2n) is 5.16. The van der Waals surface area contributed by atoms with E-state index in [0.717, 1.165) is 5.52 Å². The number of carbonyl (C=O) groups is 2. The van der Waals surface area contributed by atoms with Crippen LogP contribution in [0.4, 0.5) is 0 Å². The summed E-state index contributed by atoms with van der Waals surface area (Å²) in [7, 11) is 0. The summed E-state index contributed by atoms with van der Waals surface area (Å²) in [5.41, 5.74) is 2.20. The maximum absolute atomic E-state index is 12.1. The molecule has 1 aromatic carbocycles. The van der Waals surface area contributed by atoms with Crippen LogP contribution >= 0.6 is 0 Å². The van der Waals surface area contributed by atoms with Gasteiger partial charge in [0, 0.05) is 25.0 Å². The smallest absolute Gasteiger partial charge is 0.326 e. The molecule has 2 N–H and O–H groups in total. The number of nitrogens with one attached hydrogen (secondary N) is 1. The van der Waals surface area contributed by atoms with E-state index >= 15 is 0 Å². The van der Waals surface area contributed by atoms with Gasteiger partial charge >= 0.3 is 5.97 Å². The van der Waals surface area contributed by atoms with Crippen molar-refractivity contribution in [3.8, 4) is 0 Å². The summed E-state index contributed by atoms with van der Waals surface area (Å²) in [4.78, 5) is 36.1. The van der Waals surface area contributed by atoms with Crippen LogP contribution in [0.1, 0.15) is 16.1 Å². The molecule has 0 aliphatic rings. The number of fused-ring (bicyclic) bond motifs is 1. The van der Waals surface area contributed by atoms with Gasteiger partial charge in [0.2, 0.25) is 0 Å². The topological polar surface area (TPSA) is 105 Å². The molecule has 0 radical (unpaired) electrons. The molecule has 0 saturated carbocycles. The molecule has 24 heavy (non-hydrogen) atoms. The average molecular weight is 322 g/mol. The number of rotatable bonds is 5. The SMILES string of the molecule is O=C(N[C@H](Cc1cnc2ccccc2n1)C(=O)O)c1cccnc1. The Morgan fingerprint density at radius 2 is 1.88 bits per heavy atom. The van der Waals surface area contributed by atoms with Crippen molar-refractivity contribution < 1.29 is 14.7 Å². The van der Waals surface area contributed by atoms with E-state index in [4.69, 9.17) is 0 Å². The highest BCUT2D eigenvalue weighted by molar-refractivity contribution is 5.96. The van der Waals surface area contributed by atoms with Gasteiger partial charge in [0.1, 0.15) is 6.04 Å². The summed E-state index contributed by atoms with van der Waals surface area (Å²) in [6, 6.07) is 9.38. The summed E-state index contributed by atoms with van der Waals surface area (Å²) in [5.74, 6) is -1.63. The Hall–Kier alpha value is -3.35. The van der Waals surface area contributed by atoms with E-state index in [2.05, 4.69) is 20.3 Å². The Bertz CT molecular complexity index is 883. The zero-order chi connectivity index (χ0) is 16.9. The summed E-state index contributed by atoms with van der Waals surface area (Å²) < 4.78 is 0. The van der Waals surface area contributed by atoms with Crippen LogP contribution in [0.3, 0.4) is 0 Å². The molecule has 0 saturated heterocycles. The quantitative estimate of drug-likeness (QED) is 0.736. The number of hydrogen-bond acceptors (Lipinski definition) is 5. The fourth-order valence-corrected chi connectivity index (χ4v) is 2.24. The number of carboxylic acid groups (broad SMARTS) is 1. The van der Waals surface area contributed by atoms with Crippen molar-refractivity contribution in [3.05, 3.63) is 66.2 Å². The third-order valence-electron chi connectivity index (χ3n) is 3.44. The molecule has 0 aliphatic heterocycles. The van der Waals surface area contributed by atoms with Crippen LogP contribution in [0.5, 0.6) is 0 Å². The molecule has 1 atom stereocenters. The van der Waals surface area contributed by atoms with Crippen LogP contribution in [0.25, 0.3) is 11.0 Å². The Morgan fingerprint density at radius 3 is 2.58 bits per heavy atom. The zero-order valence-corrected chi connectivity index (χ0v) is 12.6. The van der Waals surface area contributed by atoms with Crippen molar-refractivity contribution in [2.75, 3.05) is 0 Å². The maximum atomic E-state index is 12.1. The number of aromatic nitrogens is 3. The van der Waals surface area contributed by atoms with Crippen molar-refractivity contribution in [2.24, 2.45) is 0 Å². The number of hydrogen-bond donors (Lipinski definition) is 2. The van der Waals surface area contributed by atoms with E-state index in [1.54, 1.807) is 18.2 Å². The lowest BCUT2D eigenvalue weighted by Crippen LogP contribution is -2.42. The molecule has 2 aromatic heterocycles. The molecule has 0 aliphatic carbocycles. The summed E-state index contributed by atoms with van der Waals surface area (Å²) in [6.45, 7) is 0. The molecule has 3 aromatic rings. The first kappa shape index (κ1) is 15.5. The third-order valence-corrected chi connectivity index (χ3v) is 3.44. The molecular weight excluding hydrogens is 308 g/mol. The lowest BCUT2D eigenvalue weighted by atomic mass is 10.1. The number of aliphatic carboxylic acids is 1.